The number of hydrogen-bond acceptors (Lipinski definition) is 6. The van der Waals surface area contributed by atoms with E-state index in [0.29, 0.717) is 39.8 Å². The molecule has 1 aliphatic heterocycles. The van der Waals surface area contributed by atoms with E-state index in [1.165, 1.54) is 11.8 Å². The second-order valence-corrected chi connectivity index (χ2v) is 8.70. The summed E-state index contributed by atoms with van der Waals surface area (Å²) in [5.41, 5.74) is 2.54. The van der Waals surface area contributed by atoms with Gasteiger partial charge in [-0.15, -0.1) is 0 Å². The number of thioether (sulfide) groups is 1. The highest BCUT2D eigenvalue weighted by Gasteiger charge is 2.24. The summed E-state index contributed by atoms with van der Waals surface area (Å²) in [5.74, 6) is 1.78. The molecule has 1 saturated heterocycles. The number of carbonyl (C=O) groups excluding carboxylic acids is 1. The molecule has 0 unspecified atom stereocenters. The maximum atomic E-state index is 12.5. The van der Waals surface area contributed by atoms with Crippen molar-refractivity contribution in [3.05, 3.63) is 87.8 Å². The minimum Gasteiger partial charge on any atom is -0.494 e. The Morgan fingerprint density at radius 2 is 1.76 bits per heavy atom. The Kier molecular flexibility index (Phi) is 7.77. The third-order valence-electron chi connectivity index (χ3n) is 4.82. The quantitative estimate of drug-likeness (QED) is 0.376. The van der Waals surface area contributed by atoms with Crippen molar-refractivity contribution in [1.82, 2.24) is 5.32 Å². The molecule has 0 aromatic heterocycles. The highest BCUT2D eigenvalue weighted by Crippen LogP contribution is 2.33. The van der Waals surface area contributed by atoms with Gasteiger partial charge in [0.05, 0.1) is 24.3 Å². The monoisotopic (exact) mass is 494 g/mol. The molecule has 34 heavy (non-hydrogen) atoms. The van der Waals surface area contributed by atoms with Crippen molar-refractivity contribution in [3.8, 4) is 17.2 Å². The fourth-order valence-electron chi connectivity index (χ4n) is 3.17. The van der Waals surface area contributed by atoms with Crippen LogP contribution in [0.1, 0.15) is 18.1 Å². The number of rotatable bonds is 8. The van der Waals surface area contributed by atoms with E-state index in [1.54, 1.807) is 13.2 Å². The summed E-state index contributed by atoms with van der Waals surface area (Å²) in [5, 5.41) is 4.01. The molecule has 3 aromatic carbocycles. The Morgan fingerprint density at radius 1 is 1.00 bits per heavy atom. The Labute approximate surface area is 207 Å². The van der Waals surface area contributed by atoms with Gasteiger partial charge >= 0.3 is 0 Å². The topological polar surface area (TPSA) is 69.2 Å². The van der Waals surface area contributed by atoms with Gasteiger partial charge in [-0.05, 0) is 84.4 Å². The first-order chi connectivity index (χ1) is 16.5. The zero-order valence-electron chi connectivity index (χ0n) is 18.7. The lowest BCUT2D eigenvalue weighted by Crippen LogP contribution is -2.19. The Hall–Kier alpha value is -3.42. The SMILES string of the molecule is CCOc1ccc(N=C2NC(=O)/C(=C/c3ccc(OCc4ccc(Cl)cc4)c(OC)c3)S2)cc1. The van der Waals surface area contributed by atoms with E-state index in [2.05, 4.69) is 10.3 Å². The van der Waals surface area contributed by atoms with Crippen LogP contribution in [0.3, 0.4) is 0 Å². The molecule has 174 valence electrons. The largest absolute Gasteiger partial charge is 0.494 e. The maximum absolute atomic E-state index is 12.5. The van der Waals surface area contributed by atoms with E-state index in [-0.39, 0.29) is 5.91 Å². The third-order valence-corrected chi connectivity index (χ3v) is 5.98. The predicted octanol–water partition coefficient (Wildman–Crippen LogP) is 6.22. The fourth-order valence-corrected chi connectivity index (χ4v) is 4.14. The van der Waals surface area contributed by atoms with Gasteiger partial charge in [-0.2, -0.15) is 0 Å². The molecule has 8 heteroatoms. The number of hydrogen-bond donors (Lipinski definition) is 1. The number of carbonyl (C=O) groups is 1. The van der Waals surface area contributed by atoms with Gasteiger partial charge in [0.1, 0.15) is 12.4 Å². The highest BCUT2D eigenvalue weighted by atomic mass is 35.5. The molecule has 4 rings (SSSR count). The van der Waals surface area contributed by atoms with Gasteiger partial charge in [0.15, 0.2) is 16.7 Å². The Bertz CT molecular complexity index is 1220. The van der Waals surface area contributed by atoms with Gasteiger partial charge < -0.3 is 19.5 Å². The van der Waals surface area contributed by atoms with Crippen molar-refractivity contribution in [3.63, 3.8) is 0 Å². The summed E-state index contributed by atoms with van der Waals surface area (Å²) in [6.45, 7) is 2.93. The Morgan fingerprint density at radius 3 is 2.47 bits per heavy atom. The summed E-state index contributed by atoms with van der Waals surface area (Å²) in [6.07, 6.45) is 1.80. The van der Waals surface area contributed by atoms with E-state index in [4.69, 9.17) is 25.8 Å². The first-order valence-electron chi connectivity index (χ1n) is 10.6. The molecule has 3 aromatic rings. The number of benzene rings is 3. The predicted molar refractivity (Wildman–Crippen MR) is 137 cm³/mol. The van der Waals surface area contributed by atoms with Crippen LogP contribution < -0.4 is 19.5 Å². The molecule has 1 aliphatic rings. The molecular weight excluding hydrogens is 472 g/mol. The molecule has 1 fully saturated rings. The number of nitrogens with zero attached hydrogens (tertiary/aromatic N) is 1. The van der Waals surface area contributed by atoms with Crippen molar-refractivity contribution < 1.29 is 19.0 Å². The zero-order valence-corrected chi connectivity index (χ0v) is 20.3. The van der Waals surface area contributed by atoms with Crippen molar-refractivity contribution in [1.29, 1.82) is 0 Å². The van der Waals surface area contributed by atoms with Crippen LogP contribution in [-0.4, -0.2) is 24.8 Å². The van der Waals surface area contributed by atoms with Gasteiger partial charge in [0, 0.05) is 5.02 Å². The number of aliphatic imine (C=N–C) groups is 1. The molecular formula is C26H23ClN2O4S. The van der Waals surface area contributed by atoms with Crippen molar-refractivity contribution >= 4 is 46.2 Å². The number of nitrogens with one attached hydrogen (secondary N) is 1. The lowest BCUT2D eigenvalue weighted by atomic mass is 10.2. The van der Waals surface area contributed by atoms with Crippen molar-refractivity contribution in [2.75, 3.05) is 13.7 Å². The van der Waals surface area contributed by atoms with Crippen LogP contribution in [0, 0.1) is 0 Å². The third kappa shape index (κ3) is 6.12. The number of amidine groups is 1. The first kappa shape index (κ1) is 23.7. The second-order valence-electron chi connectivity index (χ2n) is 7.23. The van der Waals surface area contributed by atoms with E-state index in [9.17, 15) is 4.79 Å². The average molecular weight is 495 g/mol. The average Bonchev–Trinajstić information content (AvgIpc) is 3.18. The fraction of sp³-hybridized carbons (Fsp3) is 0.154. The maximum Gasteiger partial charge on any atom is 0.264 e. The molecule has 0 spiro atoms. The van der Waals surface area contributed by atoms with Crippen LogP contribution in [0.4, 0.5) is 5.69 Å². The van der Waals surface area contributed by atoms with Gasteiger partial charge in [-0.3, -0.25) is 4.79 Å². The molecule has 0 atom stereocenters. The van der Waals surface area contributed by atoms with Crippen molar-refractivity contribution in [2.45, 2.75) is 13.5 Å². The number of ether oxygens (including phenoxy) is 3. The summed E-state index contributed by atoms with van der Waals surface area (Å²) in [4.78, 5) is 17.5. The van der Waals surface area contributed by atoms with Gasteiger partial charge in [-0.1, -0.05) is 29.8 Å². The minimum absolute atomic E-state index is 0.197. The molecule has 1 amide bonds. The molecule has 0 saturated carbocycles. The highest BCUT2D eigenvalue weighted by molar-refractivity contribution is 8.18. The van der Waals surface area contributed by atoms with Gasteiger partial charge in [0.2, 0.25) is 0 Å². The number of amides is 1. The van der Waals surface area contributed by atoms with Crippen molar-refractivity contribution in [2.24, 2.45) is 4.99 Å². The molecule has 0 bridgehead atoms. The van der Waals surface area contributed by atoms with Crippen LogP contribution in [0.5, 0.6) is 17.2 Å². The standard InChI is InChI=1S/C26H23ClN2O4S/c1-3-32-21-11-9-20(10-12-21)28-26-29-25(30)24(34-26)15-18-6-13-22(23(14-18)31-2)33-16-17-4-7-19(27)8-5-17/h4-15H,3,16H2,1-2H3,(H,28,29,30)/b24-15-. The summed E-state index contributed by atoms with van der Waals surface area (Å²) in [6, 6.07) is 20.4. The van der Waals surface area contributed by atoms with E-state index >= 15 is 0 Å². The smallest absolute Gasteiger partial charge is 0.264 e. The molecule has 6 nitrogen and oxygen atoms in total. The van der Waals surface area contributed by atoms with Crippen LogP contribution in [0.2, 0.25) is 5.02 Å². The lowest BCUT2D eigenvalue weighted by Gasteiger charge is -2.11. The Balaban J connectivity index is 1.45. The normalized spacial score (nSPS) is 15.4. The van der Waals surface area contributed by atoms with Crippen LogP contribution in [0.25, 0.3) is 6.08 Å². The first-order valence-corrected chi connectivity index (χ1v) is 11.8. The lowest BCUT2D eigenvalue weighted by molar-refractivity contribution is -0.115. The number of halogens is 1. The van der Waals surface area contributed by atoms with Crippen LogP contribution >= 0.6 is 23.4 Å². The van der Waals surface area contributed by atoms with Crippen LogP contribution in [-0.2, 0) is 11.4 Å². The second kappa shape index (κ2) is 11.1. The molecule has 0 radical (unpaired) electrons. The number of methoxy groups -OCH3 is 1. The van der Waals surface area contributed by atoms with Crippen LogP contribution in [0.15, 0.2) is 76.6 Å². The summed E-state index contributed by atoms with van der Waals surface area (Å²) < 4.78 is 16.8. The van der Waals surface area contributed by atoms with Gasteiger partial charge in [-0.25, -0.2) is 4.99 Å². The summed E-state index contributed by atoms with van der Waals surface area (Å²) >= 11 is 7.22. The summed E-state index contributed by atoms with van der Waals surface area (Å²) in [7, 11) is 1.58. The molecule has 0 aliphatic carbocycles. The van der Waals surface area contributed by atoms with E-state index in [0.717, 1.165) is 22.6 Å². The minimum atomic E-state index is -0.197. The van der Waals surface area contributed by atoms with E-state index in [1.807, 2.05) is 73.7 Å². The van der Waals surface area contributed by atoms with Gasteiger partial charge in [0.25, 0.3) is 5.91 Å². The van der Waals surface area contributed by atoms with E-state index < -0.39 is 0 Å². The molecule has 1 heterocycles. The molecule has 1 N–H and O–H groups in total. The zero-order chi connectivity index (χ0) is 23.9.